The highest BCUT2D eigenvalue weighted by molar-refractivity contribution is 14.1. The SMILES string of the molecule is CN(C)C1CCN(c2ccc([N+](=O)[O-])cc2F)C1I.O=[N+]([O-])c1ccc(F)c(F)c1. The van der Waals surface area contributed by atoms with Crippen LogP contribution in [-0.2, 0) is 0 Å². The van der Waals surface area contributed by atoms with Crippen LogP contribution in [0.1, 0.15) is 6.42 Å². The van der Waals surface area contributed by atoms with Crippen molar-refractivity contribution in [2.24, 2.45) is 0 Å². The summed E-state index contributed by atoms with van der Waals surface area (Å²) < 4.78 is 38.6. The molecule has 1 fully saturated rings. The van der Waals surface area contributed by atoms with E-state index in [1.807, 2.05) is 19.0 Å². The molecule has 1 heterocycles. The molecule has 1 saturated heterocycles. The van der Waals surface area contributed by atoms with Crippen molar-refractivity contribution in [3.05, 3.63) is 74.1 Å². The molecule has 1 aliphatic heterocycles. The Labute approximate surface area is 183 Å². The molecule has 30 heavy (non-hydrogen) atoms. The molecule has 2 aromatic carbocycles. The minimum Gasteiger partial charge on any atom is -0.356 e. The molecule has 0 amide bonds. The van der Waals surface area contributed by atoms with Gasteiger partial charge in [-0.05, 0) is 32.6 Å². The van der Waals surface area contributed by atoms with E-state index in [1.54, 1.807) is 0 Å². The topological polar surface area (TPSA) is 92.8 Å². The Morgan fingerprint density at radius 3 is 1.93 bits per heavy atom. The third kappa shape index (κ3) is 5.56. The first-order valence-electron chi connectivity index (χ1n) is 8.63. The highest BCUT2D eigenvalue weighted by Crippen LogP contribution is 2.34. The molecule has 0 aromatic heterocycles. The predicted molar refractivity (Wildman–Crippen MR) is 113 cm³/mol. The number of anilines is 1. The first-order valence-corrected chi connectivity index (χ1v) is 9.88. The number of halogens is 4. The number of non-ortho nitro benzene ring substituents is 2. The third-order valence-electron chi connectivity index (χ3n) is 4.51. The summed E-state index contributed by atoms with van der Waals surface area (Å²) in [5, 5.41) is 20.6. The second-order valence-electron chi connectivity index (χ2n) is 6.63. The van der Waals surface area contributed by atoms with Gasteiger partial charge in [-0.2, -0.15) is 0 Å². The van der Waals surface area contributed by atoms with Crippen molar-refractivity contribution in [3.63, 3.8) is 0 Å². The Balaban J connectivity index is 0.000000248. The summed E-state index contributed by atoms with van der Waals surface area (Å²) in [6.45, 7) is 0.755. The van der Waals surface area contributed by atoms with Crippen molar-refractivity contribution < 1.29 is 23.0 Å². The van der Waals surface area contributed by atoms with Crippen LogP contribution in [0.4, 0.5) is 30.2 Å². The zero-order chi connectivity index (χ0) is 22.6. The molecule has 2 atom stereocenters. The Bertz CT molecular complexity index is 948. The van der Waals surface area contributed by atoms with Gasteiger partial charge in [0.25, 0.3) is 11.4 Å². The van der Waals surface area contributed by atoms with Crippen LogP contribution in [0.5, 0.6) is 0 Å². The molecule has 0 spiro atoms. The number of likely N-dealkylation sites (N-methyl/N-ethyl adjacent to an activating group) is 1. The summed E-state index contributed by atoms with van der Waals surface area (Å²) in [6.07, 6.45) is 0.955. The molecule has 2 unspecified atom stereocenters. The van der Waals surface area contributed by atoms with Gasteiger partial charge in [0.1, 0.15) is 0 Å². The molecule has 3 rings (SSSR count). The van der Waals surface area contributed by atoms with Gasteiger partial charge in [-0.15, -0.1) is 0 Å². The van der Waals surface area contributed by atoms with Gasteiger partial charge in [0, 0.05) is 24.7 Å². The summed E-state index contributed by atoms with van der Waals surface area (Å²) in [5.41, 5.74) is -0.229. The second-order valence-corrected chi connectivity index (χ2v) is 7.91. The van der Waals surface area contributed by atoms with E-state index in [9.17, 15) is 33.4 Å². The maximum atomic E-state index is 14.0. The molecule has 12 heteroatoms. The van der Waals surface area contributed by atoms with E-state index >= 15 is 0 Å². The number of nitrogens with zero attached hydrogens (tertiary/aromatic N) is 4. The van der Waals surface area contributed by atoms with Crippen molar-refractivity contribution in [3.8, 4) is 0 Å². The number of rotatable bonds is 4. The van der Waals surface area contributed by atoms with E-state index in [0.29, 0.717) is 23.9 Å². The van der Waals surface area contributed by atoms with E-state index in [-0.39, 0.29) is 9.74 Å². The van der Waals surface area contributed by atoms with Crippen molar-refractivity contribution in [1.29, 1.82) is 0 Å². The number of hydrogen-bond donors (Lipinski definition) is 0. The van der Waals surface area contributed by atoms with Gasteiger partial charge in [0.05, 0.1) is 31.7 Å². The quantitative estimate of drug-likeness (QED) is 0.187. The summed E-state index contributed by atoms with van der Waals surface area (Å²) in [4.78, 5) is 23.3. The first-order chi connectivity index (χ1) is 14.0. The number of nitro benzene ring substituents is 2. The fourth-order valence-corrected chi connectivity index (χ4v) is 4.52. The third-order valence-corrected chi connectivity index (χ3v) is 6.01. The van der Waals surface area contributed by atoms with Crippen LogP contribution in [0.15, 0.2) is 36.4 Å². The minimum absolute atomic E-state index is 0.156. The predicted octanol–water partition coefficient (Wildman–Crippen LogP) is 4.51. The standard InChI is InChI=1S/C12H15FIN3O2.C6H3F2NO2/c1-15(2)11-5-6-16(12(11)14)10-4-3-8(17(18)19)7-9(10)13;7-5-2-1-4(9(10)11)3-6(5)8/h3-4,7,11-12H,5-6H2,1-2H3;1-3H. The van der Waals surface area contributed by atoms with Crippen LogP contribution in [0.2, 0.25) is 0 Å². The van der Waals surface area contributed by atoms with Crippen LogP contribution in [0.3, 0.4) is 0 Å². The van der Waals surface area contributed by atoms with Crippen molar-refractivity contribution in [2.75, 3.05) is 25.5 Å². The fraction of sp³-hybridized carbons (Fsp3) is 0.333. The summed E-state index contributed by atoms with van der Waals surface area (Å²) in [6, 6.07) is 6.35. The molecule has 162 valence electrons. The molecule has 0 bridgehead atoms. The van der Waals surface area contributed by atoms with Gasteiger partial charge in [-0.3, -0.25) is 20.2 Å². The molecule has 0 N–H and O–H groups in total. The van der Waals surface area contributed by atoms with Crippen LogP contribution < -0.4 is 4.90 Å². The molecule has 0 saturated carbocycles. The van der Waals surface area contributed by atoms with Crippen LogP contribution >= 0.6 is 22.6 Å². The fourth-order valence-electron chi connectivity index (χ4n) is 2.94. The Hall–Kier alpha value is -2.48. The van der Waals surface area contributed by atoms with Crippen LogP contribution in [0.25, 0.3) is 0 Å². The maximum absolute atomic E-state index is 14.0. The van der Waals surface area contributed by atoms with Gasteiger partial charge in [0.15, 0.2) is 17.5 Å². The van der Waals surface area contributed by atoms with Gasteiger partial charge >= 0.3 is 0 Å². The van der Waals surface area contributed by atoms with E-state index < -0.39 is 33.0 Å². The molecular weight excluding hydrogens is 520 g/mol. The molecule has 1 aliphatic rings. The molecule has 2 aromatic rings. The van der Waals surface area contributed by atoms with E-state index in [2.05, 4.69) is 27.5 Å². The van der Waals surface area contributed by atoms with Crippen molar-refractivity contribution >= 4 is 39.7 Å². The van der Waals surface area contributed by atoms with E-state index in [1.165, 1.54) is 12.1 Å². The van der Waals surface area contributed by atoms with Crippen molar-refractivity contribution in [2.45, 2.75) is 16.5 Å². The van der Waals surface area contributed by atoms with E-state index in [4.69, 9.17) is 0 Å². The monoisotopic (exact) mass is 538 g/mol. The molecule has 0 aliphatic carbocycles. The molecule has 0 radical (unpaired) electrons. The van der Waals surface area contributed by atoms with Crippen LogP contribution in [-0.4, -0.2) is 45.5 Å². The zero-order valence-corrected chi connectivity index (χ0v) is 18.1. The Morgan fingerprint density at radius 1 is 0.967 bits per heavy atom. The Kier molecular flexibility index (Phi) is 7.95. The smallest absolute Gasteiger partial charge is 0.272 e. The lowest BCUT2D eigenvalue weighted by atomic mass is 10.2. The van der Waals surface area contributed by atoms with Crippen LogP contribution in [0, 0.1) is 37.7 Å². The van der Waals surface area contributed by atoms with Gasteiger partial charge in [0.2, 0.25) is 0 Å². The lowest BCUT2D eigenvalue weighted by molar-refractivity contribution is -0.385. The minimum atomic E-state index is -1.21. The summed E-state index contributed by atoms with van der Waals surface area (Å²) in [7, 11) is 4.01. The number of hydrogen-bond acceptors (Lipinski definition) is 6. The average molecular weight is 538 g/mol. The average Bonchev–Trinajstić information content (AvgIpc) is 3.05. The molecule has 8 nitrogen and oxygen atoms in total. The second kappa shape index (κ2) is 10.0. The van der Waals surface area contributed by atoms with Crippen molar-refractivity contribution in [1.82, 2.24) is 4.90 Å². The first kappa shape index (κ1) is 23.8. The lowest BCUT2D eigenvalue weighted by Gasteiger charge is -2.28. The van der Waals surface area contributed by atoms with E-state index in [0.717, 1.165) is 25.1 Å². The van der Waals surface area contributed by atoms with Gasteiger partial charge < -0.3 is 9.80 Å². The number of benzene rings is 2. The van der Waals surface area contributed by atoms with Gasteiger partial charge in [-0.1, -0.05) is 22.6 Å². The summed E-state index contributed by atoms with van der Waals surface area (Å²) >= 11 is 2.30. The lowest BCUT2D eigenvalue weighted by Crippen LogP contribution is -2.38. The normalized spacial score (nSPS) is 18.2. The number of alkyl halides is 1. The highest BCUT2D eigenvalue weighted by atomic mass is 127. The largest absolute Gasteiger partial charge is 0.356 e. The number of nitro groups is 2. The molecular formula is C18H18F3IN4O4. The highest BCUT2D eigenvalue weighted by Gasteiger charge is 2.35. The Morgan fingerprint density at radius 2 is 1.50 bits per heavy atom. The maximum Gasteiger partial charge on any atom is 0.272 e. The summed E-state index contributed by atoms with van der Waals surface area (Å²) in [5.74, 6) is -2.83. The van der Waals surface area contributed by atoms with Gasteiger partial charge in [-0.25, -0.2) is 13.2 Å². The zero-order valence-electron chi connectivity index (χ0n) is 16.0.